The molecular formula is C15H21N3S. The van der Waals surface area contributed by atoms with Gasteiger partial charge in [-0.25, -0.2) is 4.98 Å². The van der Waals surface area contributed by atoms with Crippen molar-refractivity contribution in [3.63, 3.8) is 0 Å². The summed E-state index contributed by atoms with van der Waals surface area (Å²) in [7, 11) is 0. The first-order valence-corrected chi connectivity index (χ1v) is 7.47. The van der Waals surface area contributed by atoms with E-state index in [1.165, 1.54) is 10.4 Å². The molecule has 102 valence electrons. The van der Waals surface area contributed by atoms with Crippen LogP contribution in [0.2, 0.25) is 0 Å². The highest BCUT2D eigenvalue weighted by Crippen LogP contribution is 2.26. The third-order valence-electron chi connectivity index (χ3n) is 2.73. The minimum absolute atomic E-state index is 0.679. The number of hydrogen-bond acceptors (Lipinski definition) is 4. The molecule has 2 aromatic rings. The molecule has 0 radical (unpaired) electrons. The molecule has 0 atom stereocenters. The molecule has 3 nitrogen and oxygen atoms in total. The van der Waals surface area contributed by atoms with Crippen LogP contribution in [0.4, 0.5) is 0 Å². The van der Waals surface area contributed by atoms with E-state index in [4.69, 9.17) is 0 Å². The van der Waals surface area contributed by atoms with Crippen molar-refractivity contribution in [3.05, 3.63) is 34.6 Å². The molecule has 2 rings (SSSR count). The van der Waals surface area contributed by atoms with E-state index < -0.39 is 0 Å². The fourth-order valence-corrected chi connectivity index (χ4v) is 2.83. The second-order valence-corrected chi connectivity index (χ2v) is 6.41. The Hall–Kier alpha value is -1.26. The molecule has 4 heteroatoms. The Morgan fingerprint density at radius 3 is 2.53 bits per heavy atom. The second kappa shape index (κ2) is 6.26. The van der Waals surface area contributed by atoms with Crippen LogP contribution in [0.25, 0.3) is 10.6 Å². The Morgan fingerprint density at radius 2 is 1.89 bits per heavy atom. The smallest absolute Gasteiger partial charge is 0.123 e. The Balaban J connectivity index is 2.07. The molecule has 0 saturated heterocycles. The summed E-state index contributed by atoms with van der Waals surface area (Å²) >= 11 is 1.75. The van der Waals surface area contributed by atoms with Gasteiger partial charge in [0, 0.05) is 34.6 Å². The van der Waals surface area contributed by atoms with Gasteiger partial charge in [0.05, 0.1) is 0 Å². The number of aromatic nitrogens is 2. The third-order valence-corrected chi connectivity index (χ3v) is 3.78. The fraction of sp³-hybridized carbons (Fsp3) is 0.467. The van der Waals surface area contributed by atoms with Gasteiger partial charge in [-0.2, -0.15) is 0 Å². The fourth-order valence-electron chi connectivity index (χ4n) is 1.96. The number of aryl methyl sites for hydroxylation is 2. The first-order valence-electron chi connectivity index (χ1n) is 6.65. The molecule has 0 spiro atoms. The zero-order valence-corrected chi connectivity index (χ0v) is 12.8. The van der Waals surface area contributed by atoms with Crippen molar-refractivity contribution < 1.29 is 0 Å². The average molecular weight is 275 g/mol. The van der Waals surface area contributed by atoms with Crippen molar-refractivity contribution in [3.8, 4) is 10.6 Å². The molecule has 1 N–H and O–H groups in total. The molecule has 19 heavy (non-hydrogen) atoms. The molecule has 0 saturated carbocycles. The van der Waals surface area contributed by atoms with Crippen LogP contribution in [-0.4, -0.2) is 16.5 Å². The summed E-state index contributed by atoms with van der Waals surface area (Å²) in [5.41, 5.74) is 3.26. The molecule has 0 bridgehead atoms. The van der Waals surface area contributed by atoms with Crippen LogP contribution in [0.3, 0.4) is 0 Å². The van der Waals surface area contributed by atoms with E-state index in [2.05, 4.69) is 41.3 Å². The van der Waals surface area contributed by atoms with E-state index in [0.717, 1.165) is 29.5 Å². The number of nitrogens with zero attached hydrogens (tertiary/aromatic N) is 2. The SMILES string of the molecule is Cc1cc(-c2ncc(CNCC(C)C)s2)cc(C)n1. The van der Waals surface area contributed by atoms with Gasteiger partial charge in [0.2, 0.25) is 0 Å². The minimum Gasteiger partial charge on any atom is -0.312 e. The number of thiazole rings is 1. The molecule has 0 aliphatic carbocycles. The van der Waals surface area contributed by atoms with E-state index >= 15 is 0 Å². The highest BCUT2D eigenvalue weighted by molar-refractivity contribution is 7.15. The predicted molar refractivity (Wildman–Crippen MR) is 81.4 cm³/mol. The molecule has 0 amide bonds. The van der Waals surface area contributed by atoms with E-state index in [1.54, 1.807) is 11.3 Å². The summed E-state index contributed by atoms with van der Waals surface area (Å²) in [6.07, 6.45) is 1.97. The third kappa shape index (κ3) is 4.11. The van der Waals surface area contributed by atoms with E-state index in [1.807, 2.05) is 20.0 Å². The van der Waals surface area contributed by atoms with Gasteiger partial charge in [0.1, 0.15) is 5.01 Å². The van der Waals surface area contributed by atoms with Gasteiger partial charge in [0.15, 0.2) is 0 Å². The molecule has 0 aromatic carbocycles. The second-order valence-electron chi connectivity index (χ2n) is 5.30. The number of pyridine rings is 1. The Labute approximate surface area is 119 Å². The van der Waals surface area contributed by atoms with Crippen LogP contribution in [0.15, 0.2) is 18.3 Å². The summed E-state index contributed by atoms with van der Waals surface area (Å²) < 4.78 is 0. The number of rotatable bonds is 5. The topological polar surface area (TPSA) is 37.8 Å². The van der Waals surface area contributed by atoms with Crippen LogP contribution >= 0.6 is 11.3 Å². The van der Waals surface area contributed by atoms with Gasteiger partial charge in [-0.1, -0.05) is 13.8 Å². The zero-order valence-electron chi connectivity index (χ0n) is 12.0. The molecule has 0 unspecified atom stereocenters. The van der Waals surface area contributed by atoms with Crippen molar-refractivity contribution in [2.24, 2.45) is 5.92 Å². The maximum atomic E-state index is 4.52. The largest absolute Gasteiger partial charge is 0.312 e. The summed E-state index contributed by atoms with van der Waals surface area (Å²) in [5, 5.41) is 4.53. The van der Waals surface area contributed by atoms with Crippen molar-refractivity contribution >= 4 is 11.3 Å². The van der Waals surface area contributed by atoms with Gasteiger partial charge in [-0.3, -0.25) is 4.98 Å². The van der Waals surface area contributed by atoms with Crippen LogP contribution in [0.5, 0.6) is 0 Å². The van der Waals surface area contributed by atoms with Crippen molar-refractivity contribution in [2.75, 3.05) is 6.54 Å². The molecule has 0 aliphatic heterocycles. The van der Waals surface area contributed by atoms with Crippen molar-refractivity contribution in [1.29, 1.82) is 0 Å². The highest BCUT2D eigenvalue weighted by Gasteiger charge is 2.06. The van der Waals surface area contributed by atoms with E-state index in [9.17, 15) is 0 Å². The summed E-state index contributed by atoms with van der Waals surface area (Å²) in [6, 6.07) is 4.19. The van der Waals surface area contributed by atoms with Crippen LogP contribution in [-0.2, 0) is 6.54 Å². The lowest BCUT2D eigenvalue weighted by Crippen LogP contribution is -2.18. The summed E-state index contributed by atoms with van der Waals surface area (Å²) in [4.78, 5) is 10.2. The summed E-state index contributed by atoms with van der Waals surface area (Å²) in [6.45, 7) is 10.4. The number of hydrogen-bond donors (Lipinski definition) is 1. The Morgan fingerprint density at radius 1 is 1.21 bits per heavy atom. The zero-order chi connectivity index (χ0) is 13.8. The lowest BCUT2D eigenvalue weighted by molar-refractivity contribution is 0.554. The van der Waals surface area contributed by atoms with Gasteiger partial charge in [-0.15, -0.1) is 11.3 Å². The van der Waals surface area contributed by atoms with Crippen LogP contribution in [0.1, 0.15) is 30.1 Å². The van der Waals surface area contributed by atoms with Gasteiger partial charge >= 0.3 is 0 Å². The normalized spacial score (nSPS) is 11.2. The minimum atomic E-state index is 0.679. The first kappa shape index (κ1) is 14.2. The molecule has 0 fully saturated rings. The summed E-state index contributed by atoms with van der Waals surface area (Å²) in [5.74, 6) is 0.679. The Kier molecular flexibility index (Phi) is 4.66. The molecular weight excluding hydrogens is 254 g/mol. The molecule has 2 aromatic heterocycles. The predicted octanol–water partition coefficient (Wildman–Crippen LogP) is 3.57. The van der Waals surface area contributed by atoms with E-state index in [0.29, 0.717) is 5.92 Å². The van der Waals surface area contributed by atoms with E-state index in [-0.39, 0.29) is 0 Å². The quantitative estimate of drug-likeness (QED) is 0.906. The van der Waals surface area contributed by atoms with Crippen LogP contribution < -0.4 is 5.32 Å². The highest BCUT2D eigenvalue weighted by atomic mass is 32.1. The Bertz CT molecular complexity index is 526. The van der Waals surface area contributed by atoms with Crippen LogP contribution in [0, 0.1) is 19.8 Å². The average Bonchev–Trinajstić information content (AvgIpc) is 2.76. The maximum absolute atomic E-state index is 4.52. The maximum Gasteiger partial charge on any atom is 0.123 e. The van der Waals surface area contributed by atoms with Crippen molar-refractivity contribution in [2.45, 2.75) is 34.2 Å². The molecule has 2 heterocycles. The van der Waals surface area contributed by atoms with Gasteiger partial charge in [0.25, 0.3) is 0 Å². The lowest BCUT2D eigenvalue weighted by atomic mass is 10.2. The van der Waals surface area contributed by atoms with Crippen molar-refractivity contribution in [1.82, 2.24) is 15.3 Å². The monoisotopic (exact) mass is 275 g/mol. The molecule has 0 aliphatic rings. The lowest BCUT2D eigenvalue weighted by Gasteiger charge is -2.04. The standard InChI is InChI=1S/C15H21N3S/c1-10(2)7-16-8-14-9-17-15(19-14)13-5-11(3)18-12(4)6-13/h5-6,9-10,16H,7-8H2,1-4H3. The van der Waals surface area contributed by atoms with Gasteiger partial charge < -0.3 is 5.32 Å². The van der Waals surface area contributed by atoms with Gasteiger partial charge in [-0.05, 0) is 38.4 Å². The number of nitrogens with one attached hydrogen (secondary N) is 1. The first-order chi connectivity index (χ1) is 9.04.